The van der Waals surface area contributed by atoms with Gasteiger partial charge in [-0.05, 0) is 52.4 Å². The number of ether oxygens (including phenoxy) is 2. The first kappa shape index (κ1) is 18.0. The van der Waals surface area contributed by atoms with E-state index in [0.29, 0.717) is 19.0 Å². The Hall–Kier alpha value is -1.30. The summed E-state index contributed by atoms with van der Waals surface area (Å²) >= 11 is 0. The quantitative estimate of drug-likeness (QED) is 0.813. The molecular weight excluding hydrogens is 296 g/mol. The van der Waals surface area contributed by atoms with Gasteiger partial charge in [0, 0.05) is 13.1 Å². The number of carbonyl (C=O) groups is 2. The van der Waals surface area contributed by atoms with Crippen molar-refractivity contribution in [2.24, 2.45) is 5.92 Å². The molecule has 0 radical (unpaired) electrons. The summed E-state index contributed by atoms with van der Waals surface area (Å²) in [6.45, 7) is 9.49. The van der Waals surface area contributed by atoms with Gasteiger partial charge < -0.3 is 19.7 Å². The predicted octanol–water partition coefficient (Wildman–Crippen LogP) is 2.32. The van der Waals surface area contributed by atoms with Crippen LogP contribution in [0, 0.1) is 5.92 Å². The third kappa shape index (κ3) is 5.68. The Morgan fingerprint density at radius 1 is 1.30 bits per heavy atom. The molecular formula is C17H30N2O4. The van der Waals surface area contributed by atoms with Gasteiger partial charge in [0.25, 0.3) is 0 Å². The Morgan fingerprint density at radius 2 is 2.00 bits per heavy atom. The number of carbonyl (C=O) groups excluding carboxylic acids is 2. The second kappa shape index (κ2) is 7.07. The zero-order chi connectivity index (χ0) is 17.1. The Bertz CT molecular complexity index is 442. The molecule has 6 nitrogen and oxygen atoms in total. The van der Waals surface area contributed by atoms with Crippen LogP contribution in [0.5, 0.6) is 0 Å². The summed E-state index contributed by atoms with van der Waals surface area (Å²) in [4.78, 5) is 25.7. The highest BCUT2D eigenvalue weighted by molar-refractivity contribution is 5.77. The average molecular weight is 326 g/mol. The molecule has 2 fully saturated rings. The molecule has 0 aromatic heterocycles. The molecule has 1 heterocycles. The molecule has 1 aliphatic carbocycles. The Labute approximate surface area is 138 Å². The topological polar surface area (TPSA) is 67.9 Å². The lowest BCUT2D eigenvalue weighted by molar-refractivity contribution is -0.132. The highest BCUT2D eigenvalue weighted by atomic mass is 16.6. The number of hydrogen-bond donors (Lipinski definition) is 1. The zero-order valence-electron chi connectivity index (χ0n) is 14.8. The van der Waals surface area contributed by atoms with E-state index in [1.807, 2.05) is 27.7 Å². The maximum atomic E-state index is 12.2. The minimum Gasteiger partial charge on any atom is -0.444 e. The molecule has 1 unspecified atom stereocenters. The monoisotopic (exact) mass is 326 g/mol. The second-order valence-corrected chi connectivity index (χ2v) is 7.72. The number of amides is 2. The molecule has 23 heavy (non-hydrogen) atoms. The van der Waals surface area contributed by atoms with Crippen LogP contribution in [0.4, 0.5) is 4.79 Å². The molecule has 6 heteroatoms. The van der Waals surface area contributed by atoms with Gasteiger partial charge in [0.2, 0.25) is 5.91 Å². The lowest BCUT2D eigenvalue weighted by Gasteiger charge is -2.29. The van der Waals surface area contributed by atoms with Crippen molar-refractivity contribution in [2.75, 3.05) is 26.2 Å². The molecule has 132 valence electrons. The standard InChI is InChI=1S/C17H30N2O4/c1-5-17(22-11-14(20)18-10-13-6-7-13)8-9-19(12-17)15(21)23-16(2,3)4/h13H,5-12H2,1-4H3,(H,18,20). The van der Waals surface area contributed by atoms with Crippen molar-refractivity contribution in [3.63, 3.8) is 0 Å². The Morgan fingerprint density at radius 3 is 2.57 bits per heavy atom. The van der Waals surface area contributed by atoms with Crippen molar-refractivity contribution >= 4 is 12.0 Å². The Balaban J connectivity index is 1.79. The molecule has 0 aromatic carbocycles. The van der Waals surface area contributed by atoms with E-state index in [9.17, 15) is 9.59 Å². The van der Waals surface area contributed by atoms with Gasteiger partial charge in [0.15, 0.2) is 0 Å². The lowest BCUT2D eigenvalue weighted by Crippen LogP contribution is -2.42. The number of likely N-dealkylation sites (tertiary alicyclic amines) is 1. The molecule has 0 bridgehead atoms. The van der Waals surface area contributed by atoms with Gasteiger partial charge in [-0.25, -0.2) is 4.79 Å². The van der Waals surface area contributed by atoms with Crippen LogP contribution in [0.2, 0.25) is 0 Å². The van der Waals surface area contributed by atoms with Crippen molar-refractivity contribution in [1.82, 2.24) is 10.2 Å². The molecule has 2 amide bonds. The minimum atomic E-state index is -0.502. The number of nitrogens with one attached hydrogen (secondary N) is 1. The molecule has 1 N–H and O–H groups in total. The fourth-order valence-electron chi connectivity index (χ4n) is 2.69. The van der Waals surface area contributed by atoms with E-state index < -0.39 is 11.2 Å². The smallest absolute Gasteiger partial charge is 0.410 e. The summed E-state index contributed by atoms with van der Waals surface area (Å²) < 4.78 is 11.3. The summed E-state index contributed by atoms with van der Waals surface area (Å²) in [5, 5.41) is 2.91. The fraction of sp³-hybridized carbons (Fsp3) is 0.882. The third-order valence-electron chi connectivity index (χ3n) is 4.41. The van der Waals surface area contributed by atoms with E-state index in [4.69, 9.17) is 9.47 Å². The van der Waals surface area contributed by atoms with Crippen LogP contribution in [-0.2, 0) is 14.3 Å². The summed E-state index contributed by atoms with van der Waals surface area (Å²) in [5.41, 5.74) is -0.939. The van der Waals surface area contributed by atoms with Crippen LogP contribution in [-0.4, -0.2) is 54.3 Å². The van der Waals surface area contributed by atoms with Gasteiger partial charge in [-0.3, -0.25) is 4.79 Å². The largest absolute Gasteiger partial charge is 0.444 e. The van der Waals surface area contributed by atoms with Crippen molar-refractivity contribution in [1.29, 1.82) is 0 Å². The van der Waals surface area contributed by atoms with Gasteiger partial charge in [-0.15, -0.1) is 0 Å². The van der Waals surface area contributed by atoms with Gasteiger partial charge >= 0.3 is 6.09 Å². The van der Waals surface area contributed by atoms with Crippen molar-refractivity contribution in [3.8, 4) is 0 Å². The van der Waals surface area contributed by atoms with Crippen LogP contribution in [0.3, 0.4) is 0 Å². The molecule has 2 rings (SSSR count). The molecule has 0 spiro atoms. The van der Waals surface area contributed by atoms with Crippen LogP contribution >= 0.6 is 0 Å². The van der Waals surface area contributed by atoms with Crippen LogP contribution in [0.1, 0.15) is 53.4 Å². The molecule has 1 saturated heterocycles. The number of rotatable bonds is 6. The molecule has 1 atom stereocenters. The SMILES string of the molecule is CCC1(OCC(=O)NCC2CC2)CCN(C(=O)OC(C)(C)C)C1. The first-order valence-electron chi connectivity index (χ1n) is 8.61. The van der Waals surface area contributed by atoms with Gasteiger partial charge in [0.05, 0.1) is 12.1 Å². The summed E-state index contributed by atoms with van der Waals surface area (Å²) in [6.07, 6.45) is 3.62. The highest BCUT2D eigenvalue weighted by Gasteiger charge is 2.41. The number of nitrogens with zero attached hydrogens (tertiary/aromatic N) is 1. The predicted molar refractivity (Wildman–Crippen MR) is 87.1 cm³/mol. The van der Waals surface area contributed by atoms with Crippen LogP contribution in [0.25, 0.3) is 0 Å². The third-order valence-corrected chi connectivity index (χ3v) is 4.41. The number of hydrogen-bond acceptors (Lipinski definition) is 4. The molecule has 0 aromatic rings. The average Bonchev–Trinajstić information content (AvgIpc) is 3.19. The summed E-state index contributed by atoms with van der Waals surface area (Å²) in [6, 6.07) is 0. The maximum absolute atomic E-state index is 12.2. The van der Waals surface area contributed by atoms with E-state index in [1.165, 1.54) is 12.8 Å². The van der Waals surface area contributed by atoms with E-state index in [-0.39, 0.29) is 18.6 Å². The summed E-state index contributed by atoms with van der Waals surface area (Å²) in [7, 11) is 0. The van der Waals surface area contributed by atoms with Crippen molar-refractivity contribution in [3.05, 3.63) is 0 Å². The highest BCUT2D eigenvalue weighted by Crippen LogP contribution is 2.30. The first-order chi connectivity index (χ1) is 10.7. The van der Waals surface area contributed by atoms with E-state index in [0.717, 1.165) is 19.4 Å². The van der Waals surface area contributed by atoms with Gasteiger partial charge in [-0.1, -0.05) is 6.92 Å². The zero-order valence-corrected chi connectivity index (χ0v) is 14.8. The lowest BCUT2D eigenvalue weighted by atomic mass is 10.00. The molecule has 1 aliphatic heterocycles. The second-order valence-electron chi connectivity index (χ2n) is 7.72. The molecule has 2 aliphatic rings. The van der Waals surface area contributed by atoms with E-state index in [1.54, 1.807) is 4.90 Å². The van der Waals surface area contributed by atoms with Crippen LogP contribution in [0.15, 0.2) is 0 Å². The van der Waals surface area contributed by atoms with Crippen molar-refractivity contribution < 1.29 is 19.1 Å². The maximum Gasteiger partial charge on any atom is 0.410 e. The van der Waals surface area contributed by atoms with Gasteiger partial charge in [-0.2, -0.15) is 0 Å². The van der Waals surface area contributed by atoms with E-state index in [2.05, 4.69) is 5.32 Å². The first-order valence-corrected chi connectivity index (χ1v) is 8.61. The molecule has 1 saturated carbocycles. The minimum absolute atomic E-state index is 0.0583. The summed E-state index contributed by atoms with van der Waals surface area (Å²) in [5.74, 6) is 0.591. The normalized spacial score (nSPS) is 24.6. The Kier molecular flexibility index (Phi) is 5.55. The van der Waals surface area contributed by atoms with Crippen molar-refractivity contribution in [2.45, 2.75) is 64.6 Å². The fourth-order valence-corrected chi connectivity index (χ4v) is 2.69. The van der Waals surface area contributed by atoms with E-state index >= 15 is 0 Å². The van der Waals surface area contributed by atoms with Gasteiger partial charge in [0.1, 0.15) is 12.2 Å². The van der Waals surface area contributed by atoms with Crippen LogP contribution < -0.4 is 5.32 Å².